The lowest BCUT2D eigenvalue weighted by molar-refractivity contribution is 0.0325. The van der Waals surface area contributed by atoms with E-state index in [-0.39, 0.29) is 5.91 Å². The lowest BCUT2D eigenvalue weighted by atomic mass is 9.91. The Hall–Kier alpha value is -1.53. The Morgan fingerprint density at radius 3 is 2.91 bits per heavy atom. The maximum absolute atomic E-state index is 13.2. The minimum Gasteiger partial charge on any atom is -0.381 e. The van der Waals surface area contributed by atoms with Gasteiger partial charge in [0.25, 0.3) is 5.91 Å². The first-order chi connectivity index (χ1) is 11.2. The zero-order valence-electron chi connectivity index (χ0n) is 13.2. The van der Waals surface area contributed by atoms with Crippen LogP contribution in [0.5, 0.6) is 0 Å². The molecule has 1 amide bonds. The summed E-state index contributed by atoms with van der Waals surface area (Å²) in [6.45, 7) is 5.69. The number of likely N-dealkylation sites (tertiary alicyclic amines) is 2. The predicted octanol–water partition coefficient (Wildman–Crippen LogP) is 1.40. The summed E-state index contributed by atoms with van der Waals surface area (Å²) in [6.07, 6.45) is 3.64. The van der Waals surface area contributed by atoms with Gasteiger partial charge in [-0.25, -0.2) is 4.98 Å². The maximum Gasteiger partial charge on any atom is 0.254 e. The third kappa shape index (κ3) is 2.97. The number of ether oxygens (including phenoxy) is 1. The number of aromatic nitrogens is 1. The van der Waals surface area contributed by atoms with Gasteiger partial charge in [-0.05, 0) is 24.8 Å². The summed E-state index contributed by atoms with van der Waals surface area (Å²) in [6, 6.07) is 3.11. The number of carbonyl (C=O) groups is 1. The van der Waals surface area contributed by atoms with Gasteiger partial charge >= 0.3 is 0 Å². The fourth-order valence-electron chi connectivity index (χ4n) is 4.10. The molecule has 3 aliphatic heterocycles. The van der Waals surface area contributed by atoms with Crippen LogP contribution in [-0.2, 0) is 4.74 Å². The molecular formula is C17H22FN3O2. The van der Waals surface area contributed by atoms with Crippen molar-refractivity contribution >= 4 is 5.91 Å². The number of halogens is 1. The third-order valence-corrected chi connectivity index (χ3v) is 5.41. The van der Waals surface area contributed by atoms with Crippen molar-refractivity contribution in [3.63, 3.8) is 0 Å². The molecule has 2 atom stereocenters. The SMILES string of the molecule is O=C(c1ccnc(F)c1)N1C[C@@H]2CN(CC3CCOCC3)C[C@@H]21. The Labute approximate surface area is 135 Å². The summed E-state index contributed by atoms with van der Waals surface area (Å²) in [4.78, 5) is 20.4. The average molecular weight is 319 g/mol. The molecule has 0 radical (unpaired) electrons. The first kappa shape index (κ1) is 15.0. The third-order valence-electron chi connectivity index (χ3n) is 5.41. The monoisotopic (exact) mass is 319 g/mol. The molecule has 6 heteroatoms. The van der Waals surface area contributed by atoms with Gasteiger partial charge in [-0.3, -0.25) is 4.79 Å². The summed E-state index contributed by atoms with van der Waals surface area (Å²) >= 11 is 0. The van der Waals surface area contributed by atoms with Gasteiger partial charge < -0.3 is 14.5 Å². The Bertz CT molecular complexity index is 591. The zero-order chi connectivity index (χ0) is 15.8. The average Bonchev–Trinajstić information content (AvgIpc) is 2.85. The van der Waals surface area contributed by atoms with Crippen LogP contribution in [0.1, 0.15) is 23.2 Å². The number of nitrogens with zero attached hydrogens (tertiary/aromatic N) is 3. The van der Waals surface area contributed by atoms with E-state index in [4.69, 9.17) is 4.74 Å². The first-order valence-corrected chi connectivity index (χ1v) is 8.43. The molecule has 0 aliphatic carbocycles. The van der Waals surface area contributed by atoms with E-state index in [0.29, 0.717) is 17.5 Å². The van der Waals surface area contributed by atoms with Gasteiger partial charge in [0.2, 0.25) is 5.95 Å². The summed E-state index contributed by atoms with van der Waals surface area (Å²) in [5, 5.41) is 0. The minimum absolute atomic E-state index is 0.0690. The van der Waals surface area contributed by atoms with E-state index in [9.17, 15) is 9.18 Å². The second kappa shape index (κ2) is 6.17. The normalized spacial score (nSPS) is 28.5. The number of amides is 1. The van der Waals surface area contributed by atoms with Crippen LogP contribution < -0.4 is 0 Å². The topological polar surface area (TPSA) is 45.7 Å². The molecule has 0 spiro atoms. The second-order valence-corrected chi connectivity index (χ2v) is 6.93. The highest BCUT2D eigenvalue weighted by Crippen LogP contribution is 2.34. The number of hydrogen-bond acceptors (Lipinski definition) is 4. The quantitative estimate of drug-likeness (QED) is 0.790. The van der Waals surface area contributed by atoms with Gasteiger partial charge in [0.05, 0.1) is 6.04 Å². The van der Waals surface area contributed by atoms with Crippen molar-refractivity contribution in [2.75, 3.05) is 39.4 Å². The van der Waals surface area contributed by atoms with E-state index in [1.807, 2.05) is 4.90 Å². The van der Waals surface area contributed by atoms with Crippen molar-refractivity contribution in [1.82, 2.24) is 14.8 Å². The number of fused-ring (bicyclic) bond motifs is 1. The molecule has 0 saturated carbocycles. The Morgan fingerprint density at radius 1 is 1.30 bits per heavy atom. The molecule has 0 unspecified atom stereocenters. The Balaban J connectivity index is 1.35. The molecule has 0 N–H and O–H groups in total. The second-order valence-electron chi connectivity index (χ2n) is 6.93. The van der Waals surface area contributed by atoms with Crippen molar-refractivity contribution < 1.29 is 13.9 Å². The van der Waals surface area contributed by atoms with Crippen LogP contribution in [0.3, 0.4) is 0 Å². The van der Waals surface area contributed by atoms with E-state index in [1.165, 1.54) is 12.3 Å². The van der Waals surface area contributed by atoms with Crippen molar-refractivity contribution in [1.29, 1.82) is 0 Å². The number of hydrogen-bond donors (Lipinski definition) is 0. The number of rotatable bonds is 3. The van der Waals surface area contributed by atoms with Crippen LogP contribution in [0.25, 0.3) is 0 Å². The van der Waals surface area contributed by atoms with Crippen LogP contribution in [0.2, 0.25) is 0 Å². The summed E-state index contributed by atoms with van der Waals surface area (Å²) in [7, 11) is 0. The van der Waals surface area contributed by atoms with E-state index in [1.54, 1.807) is 6.07 Å². The standard InChI is InChI=1S/C17H22FN3O2/c18-16-7-13(1-4-19-16)17(22)21-10-14-9-20(11-15(14)21)8-12-2-5-23-6-3-12/h1,4,7,12,14-15H,2-3,5-6,8-11H2/t14-,15-/m0/s1. The summed E-state index contributed by atoms with van der Waals surface area (Å²) < 4.78 is 18.6. The molecule has 4 rings (SSSR count). The van der Waals surface area contributed by atoms with Gasteiger partial charge in [0, 0.05) is 63.1 Å². The predicted molar refractivity (Wildman–Crippen MR) is 82.5 cm³/mol. The summed E-state index contributed by atoms with van der Waals surface area (Å²) in [5.41, 5.74) is 0.402. The highest BCUT2D eigenvalue weighted by atomic mass is 19.1. The van der Waals surface area contributed by atoms with Crippen molar-refractivity contribution in [3.8, 4) is 0 Å². The van der Waals surface area contributed by atoms with Gasteiger partial charge in [0.1, 0.15) is 0 Å². The molecule has 0 aromatic carbocycles. The lowest BCUT2D eigenvalue weighted by Gasteiger charge is -2.43. The van der Waals surface area contributed by atoms with Gasteiger partial charge in [-0.15, -0.1) is 0 Å². The fraction of sp³-hybridized carbons (Fsp3) is 0.647. The fourth-order valence-corrected chi connectivity index (χ4v) is 4.10. The van der Waals surface area contributed by atoms with Crippen LogP contribution in [0.4, 0.5) is 4.39 Å². The molecule has 1 aromatic rings. The van der Waals surface area contributed by atoms with Crippen LogP contribution in [0.15, 0.2) is 18.3 Å². The van der Waals surface area contributed by atoms with Crippen molar-refractivity contribution in [3.05, 3.63) is 29.8 Å². The zero-order valence-corrected chi connectivity index (χ0v) is 13.2. The highest BCUT2D eigenvalue weighted by Gasteiger charge is 2.48. The van der Waals surface area contributed by atoms with E-state index >= 15 is 0 Å². The molecule has 124 valence electrons. The molecule has 23 heavy (non-hydrogen) atoms. The first-order valence-electron chi connectivity index (χ1n) is 8.43. The molecule has 1 aromatic heterocycles. The molecule has 3 fully saturated rings. The molecule has 3 aliphatic rings. The van der Waals surface area contributed by atoms with Gasteiger partial charge in [-0.2, -0.15) is 4.39 Å². The largest absolute Gasteiger partial charge is 0.381 e. The van der Waals surface area contributed by atoms with Crippen LogP contribution in [0, 0.1) is 17.8 Å². The molecular weight excluding hydrogens is 297 g/mol. The van der Waals surface area contributed by atoms with Crippen LogP contribution >= 0.6 is 0 Å². The van der Waals surface area contributed by atoms with Gasteiger partial charge in [-0.1, -0.05) is 0 Å². The van der Waals surface area contributed by atoms with Crippen molar-refractivity contribution in [2.24, 2.45) is 11.8 Å². The Morgan fingerprint density at radius 2 is 2.13 bits per heavy atom. The van der Waals surface area contributed by atoms with Gasteiger partial charge in [0.15, 0.2) is 0 Å². The molecule has 5 nitrogen and oxygen atoms in total. The highest BCUT2D eigenvalue weighted by molar-refractivity contribution is 5.95. The van der Waals surface area contributed by atoms with E-state index < -0.39 is 5.95 Å². The molecule has 0 bridgehead atoms. The van der Waals surface area contributed by atoms with Crippen molar-refractivity contribution in [2.45, 2.75) is 18.9 Å². The number of carbonyl (C=O) groups excluding carboxylic acids is 1. The minimum atomic E-state index is -0.597. The van der Waals surface area contributed by atoms with Crippen LogP contribution in [-0.4, -0.2) is 66.1 Å². The van der Waals surface area contributed by atoms with E-state index in [2.05, 4.69) is 9.88 Å². The molecule has 4 heterocycles. The summed E-state index contributed by atoms with van der Waals surface area (Å²) in [5.74, 6) is 0.631. The smallest absolute Gasteiger partial charge is 0.254 e. The Kier molecular flexibility index (Phi) is 4.03. The van der Waals surface area contributed by atoms with E-state index in [0.717, 1.165) is 58.2 Å². The molecule has 3 saturated heterocycles. The number of pyridine rings is 1. The lowest BCUT2D eigenvalue weighted by Crippen LogP contribution is -2.58. The maximum atomic E-state index is 13.2.